The highest BCUT2D eigenvalue weighted by atomic mass is 28.4. The number of carboxylic acids is 1. The van der Waals surface area contributed by atoms with Crippen molar-refractivity contribution < 1.29 is 32.8 Å². The normalized spacial score (nSPS) is 10.7. The number of rotatable bonds is 12. The largest absolute Gasteiger partial charge is 0.500 e. The minimum Gasteiger partial charge on any atom is -0.481 e. The number of carbonyl (C=O) groups is 2. The van der Waals surface area contributed by atoms with Gasteiger partial charge in [0.15, 0.2) is 0 Å². The highest BCUT2D eigenvalue weighted by Gasteiger charge is 2.36. The average molecular weight is 353 g/mol. The van der Waals surface area contributed by atoms with Crippen LogP contribution in [0.15, 0.2) is 0 Å². The molecule has 0 aliphatic heterocycles. The van der Waals surface area contributed by atoms with Crippen molar-refractivity contribution in [3.8, 4) is 0 Å². The minimum absolute atomic E-state index is 0.158. The molecule has 0 aromatic rings. The summed E-state index contributed by atoms with van der Waals surface area (Å²) in [5.74, 6) is -1.64. The number of aliphatic carboxylic acids is 1. The molecule has 8 nitrogen and oxygen atoms in total. The highest BCUT2D eigenvalue weighted by Crippen LogP contribution is 2.14. The van der Waals surface area contributed by atoms with Gasteiger partial charge in [0.2, 0.25) is 0 Å². The Morgan fingerprint density at radius 3 is 1.91 bits per heavy atom. The predicted octanol–water partition coefficient (Wildman–Crippen LogP) is 1.97. The molecule has 0 atom stereocenters. The number of unbranched alkanes of at least 4 members (excludes halogenated alkanes) is 1. The van der Waals surface area contributed by atoms with E-state index in [4.69, 9.17) is 18.4 Å². The number of carbonyl (C=O) groups excluding carboxylic acids is 1. The predicted molar refractivity (Wildman–Crippen MR) is 87.8 cm³/mol. The molecule has 0 amide bonds. The summed E-state index contributed by atoms with van der Waals surface area (Å²) in [5.41, 5.74) is 2.47. The zero-order valence-electron chi connectivity index (χ0n) is 14.8. The van der Waals surface area contributed by atoms with Gasteiger partial charge in [0.1, 0.15) is 0 Å². The fraction of sp³-hybridized carbons (Fsp3) is 0.857. The molecule has 0 fully saturated rings. The third kappa shape index (κ3) is 14.3. The zero-order chi connectivity index (χ0) is 18.1. The van der Waals surface area contributed by atoms with Crippen LogP contribution in [-0.2, 0) is 27.7 Å². The van der Waals surface area contributed by atoms with E-state index in [-0.39, 0.29) is 12.8 Å². The van der Waals surface area contributed by atoms with E-state index in [0.717, 1.165) is 0 Å². The van der Waals surface area contributed by atoms with Gasteiger partial charge < -0.3 is 23.2 Å². The molecule has 0 saturated heterocycles. The Hall–Kier alpha value is -1.00. The summed E-state index contributed by atoms with van der Waals surface area (Å²) in [7, 11) is 2.00. The van der Waals surface area contributed by atoms with Crippen molar-refractivity contribution in [2.75, 3.05) is 27.9 Å². The van der Waals surface area contributed by atoms with Crippen molar-refractivity contribution in [1.29, 1.82) is 0 Å². The second-order valence-electron chi connectivity index (χ2n) is 4.66. The van der Waals surface area contributed by atoms with Crippen LogP contribution >= 0.6 is 0 Å². The van der Waals surface area contributed by atoms with Gasteiger partial charge in [0.25, 0.3) is 0 Å². The van der Waals surface area contributed by atoms with Crippen LogP contribution in [0.2, 0.25) is 6.04 Å². The Bertz CT molecular complexity index is 301. The van der Waals surface area contributed by atoms with Crippen LogP contribution < -0.4 is 5.48 Å². The summed E-state index contributed by atoms with van der Waals surface area (Å²) in [6.45, 7) is 4.77. The topological polar surface area (TPSA) is 103 Å². The Morgan fingerprint density at radius 2 is 1.52 bits per heavy atom. The molecule has 0 spiro atoms. The number of nitrogens with one attached hydrogen (secondary N) is 1. The summed E-state index contributed by atoms with van der Waals surface area (Å²) < 4.78 is 15.7. The molecule has 0 aliphatic carbocycles. The first kappa shape index (κ1) is 24.3. The van der Waals surface area contributed by atoms with E-state index in [1.807, 2.05) is 0 Å². The third-order valence-electron chi connectivity index (χ3n) is 2.92. The van der Waals surface area contributed by atoms with E-state index in [2.05, 4.69) is 24.2 Å². The lowest BCUT2D eigenvalue weighted by atomic mass is 10.3. The molecule has 2 N–H and O–H groups in total. The molecule has 0 saturated carbocycles. The highest BCUT2D eigenvalue weighted by molar-refractivity contribution is 6.60. The fourth-order valence-electron chi connectivity index (χ4n) is 1.32. The first-order chi connectivity index (χ1) is 10.9. The number of carboxylic acid groups (broad SMARTS) is 1. The molecule has 0 aromatic heterocycles. The molecule has 9 heteroatoms. The van der Waals surface area contributed by atoms with Crippen LogP contribution in [0, 0.1) is 0 Å². The van der Waals surface area contributed by atoms with E-state index in [9.17, 15) is 9.59 Å². The minimum atomic E-state index is -2.58. The van der Waals surface area contributed by atoms with Crippen molar-refractivity contribution in [1.82, 2.24) is 5.48 Å². The average Bonchev–Trinajstić information content (AvgIpc) is 2.57. The maximum Gasteiger partial charge on any atom is 0.500 e. The van der Waals surface area contributed by atoms with Crippen molar-refractivity contribution >= 4 is 20.7 Å². The quantitative estimate of drug-likeness (QED) is 0.312. The maximum atomic E-state index is 11.1. The van der Waals surface area contributed by atoms with Gasteiger partial charge >= 0.3 is 20.7 Å². The standard InChI is InChI=1S/C10H21NO7Si.C4H10/c1-15-19(16-2,17-3)8-4-7-11-18-10(14)6-5-9(12)13;1-3-4-2/h11H,4-8H2,1-3H3,(H,12,13);3-4H2,1-2H3. The van der Waals surface area contributed by atoms with Gasteiger partial charge in [-0.15, -0.1) is 0 Å². The lowest BCUT2D eigenvalue weighted by Crippen LogP contribution is -2.43. The van der Waals surface area contributed by atoms with E-state index >= 15 is 0 Å². The molecule has 0 radical (unpaired) electrons. The smallest absolute Gasteiger partial charge is 0.481 e. The second-order valence-corrected chi connectivity index (χ2v) is 7.75. The maximum absolute atomic E-state index is 11.1. The molecule has 0 unspecified atom stereocenters. The lowest BCUT2D eigenvalue weighted by Gasteiger charge is -2.24. The van der Waals surface area contributed by atoms with Crippen molar-refractivity contribution in [3.63, 3.8) is 0 Å². The molecule has 0 aliphatic rings. The zero-order valence-corrected chi connectivity index (χ0v) is 15.8. The summed E-state index contributed by atoms with van der Waals surface area (Å²) in [4.78, 5) is 25.9. The monoisotopic (exact) mass is 353 g/mol. The van der Waals surface area contributed by atoms with E-state index < -0.39 is 20.7 Å². The Balaban J connectivity index is 0. The Labute approximate surface area is 139 Å². The number of hydroxylamine groups is 1. The van der Waals surface area contributed by atoms with E-state index in [1.54, 1.807) is 0 Å². The van der Waals surface area contributed by atoms with Gasteiger partial charge in [-0.2, -0.15) is 5.48 Å². The van der Waals surface area contributed by atoms with Crippen LogP contribution in [0.25, 0.3) is 0 Å². The summed E-state index contributed by atoms with van der Waals surface area (Å²) in [6.07, 6.45) is 2.87. The van der Waals surface area contributed by atoms with E-state index in [1.165, 1.54) is 34.2 Å². The van der Waals surface area contributed by atoms with Crippen LogP contribution in [0.4, 0.5) is 0 Å². The molecule has 0 aromatic carbocycles. The Kier molecular flexibility index (Phi) is 16.7. The molecule has 0 heterocycles. The Morgan fingerprint density at radius 1 is 1.00 bits per heavy atom. The van der Waals surface area contributed by atoms with Gasteiger partial charge in [-0.05, 0) is 6.42 Å². The van der Waals surface area contributed by atoms with Crippen LogP contribution in [-0.4, -0.2) is 53.7 Å². The van der Waals surface area contributed by atoms with Gasteiger partial charge in [-0.3, -0.25) is 9.59 Å². The summed E-state index contributed by atoms with van der Waals surface area (Å²) in [5, 5.41) is 8.38. The molecule has 0 bridgehead atoms. The fourth-order valence-corrected chi connectivity index (χ4v) is 3.05. The van der Waals surface area contributed by atoms with Gasteiger partial charge in [0.05, 0.1) is 12.8 Å². The molecule has 23 heavy (non-hydrogen) atoms. The summed E-state index contributed by atoms with van der Waals surface area (Å²) in [6, 6.07) is 0.580. The van der Waals surface area contributed by atoms with E-state index in [0.29, 0.717) is 19.0 Å². The van der Waals surface area contributed by atoms with Crippen LogP contribution in [0.5, 0.6) is 0 Å². The SMILES string of the molecule is CCCC.CO[Si](CCCNOC(=O)CCC(=O)O)(OC)OC. The molecular formula is C14H31NO7Si. The van der Waals surface area contributed by atoms with Gasteiger partial charge in [0, 0.05) is 33.9 Å². The molecule has 138 valence electrons. The first-order valence-corrected chi connectivity index (χ1v) is 9.64. The third-order valence-corrected chi connectivity index (χ3v) is 5.76. The summed E-state index contributed by atoms with van der Waals surface area (Å²) >= 11 is 0. The number of hydrogen-bond acceptors (Lipinski definition) is 7. The van der Waals surface area contributed by atoms with Crippen LogP contribution in [0.1, 0.15) is 46.0 Å². The van der Waals surface area contributed by atoms with Crippen LogP contribution in [0.3, 0.4) is 0 Å². The first-order valence-electron chi connectivity index (χ1n) is 7.71. The molecule has 0 rings (SSSR count). The van der Waals surface area contributed by atoms with Gasteiger partial charge in [-0.1, -0.05) is 26.7 Å². The van der Waals surface area contributed by atoms with Gasteiger partial charge in [-0.25, -0.2) is 0 Å². The lowest BCUT2D eigenvalue weighted by molar-refractivity contribution is -0.153. The number of hydrogen-bond donors (Lipinski definition) is 2. The van der Waals surface area contributed by atoms with Crippen molar-refractivity contribution in [3.05, 3.63) is 0 Å². The molecular weight excluding hydrogens is 322 g/mol. The van der Waals surface area contributed by atoms with Crippen molar-refractivity contribution in [2.45, 2.75) is 52.0 Å². The van der Waals surface area contributed by atoms with Crippen molar-refractivity contribution in [2.24, 2.45) is 0 Å². The second kappa shape index (κ2) is 15.9.